The number of azide groups is 1. The van der Waals surface area contributed by atoms with E-state index in [1.807, 2.05) is 0 Å². The van der Waals surface area contributed by atoms with Crippen LogP contribution in [0.4, 0.5) is 0 Å². The molecule has 5 nitrogen and oxygen atoms in total. The molecular weight excluding hydrogens is 182 g/mol. The van der Waals surface area contributed by atoms with Crippen LogP contribution in [0.2, 0.25) is 0 Å². The van der Waals surface area contributed by atoms with Gasteiger partial charge in [0.1, 0.15) is 0 Å². The minimum atomic E-state index is -0.548. The zero-order valence-corrected chi connectivity index (χ0v) is 7.42. The molecule has 1 N–H and O–H groups in total. The quantitative estimate of drug-likeness (QED) is 0.446. The molecule has 0 bridgehead atoms. The van der Waals surface area contributed by atoms with Crippen LogP contribution in [0.1, 0.15) is 11.1 Å². The number of carbonyl (C=O) groups is 1. The molecule has 1 amide bonds. The van der Waals surface area contributed by atoms with Crippen molar-refractivity contribution in [3.63, 3.8) is 0 Å². The molecule has 0 aliphatic rings. The maximum atomic E-state index is 11.0. The normalized spacial score (nSPS) is 9.21. The molecule has 0 saturated heterocycles. The van der Waals surface area contributed by atoms with Crippen molar-refractivity contribution in [1.82, 2.24) is 0 Å². The van der Waals surface area contributed by atoms with Gasteiger partial charge in [-0.25, -0.2) is 0 Å². The molecule has 0 unspecified atom stereocenters. The third-order valence-corrected chi connectivity index (χ3v) is 1.79. The van der Waals surface area contributed by atoms with Crippen molar-refractivity contribution in [3.8, 4) is 0 Å². The number of benzene rings is 1. The fourth-order valence-electron chi connectivity index (χ4n) is 1.13. The van der Waals surface area contributed by atoms with Gasteiger partial charge in [0.25, 0.3) is 0 Å². The summed E-state index contributed by atoms with van der Waals surface area (Å²) in [7, 11) is 0. The number of nitrogens with zero attached hydrogens (tertiary/aromatic N) is 3. The van der Waals surface area contributed by atoms with E-state index in [9.17, 15) is 4.79 Å². The van der Waals surface area contributed by atoms with Crippen LogP contribution in [-0.4, -0.2) is 11.0 Å². The first kappa shape index (κ1) is 10.2. The Kier molecular flexibility index (Phi) is 3.67. The molecule has 1 aromatic rings. The molecule has 0 saturated carbocycles. The van der Waals surface area contributed by atoms with Crippen LogP contribution in [-0.2, 0) is 17.8 Å². The number of aliphatic hydroxyl groups excluding tert-OH is 1. The SMILES string of the molecule is [N-]=[N+]=NC(=O)Cc1ccccc1CO. The highest BCUT2D eigenvalue weighted by Crippen LogP contribution is 2.09. The van der Waals surface area contributed by atoms with Gasteiger partial charge < -0.3 is 5.11 Å². The Bertz CT molecular complexity index is 383. The minimum Gasteiger partial charge on any atom is -0.392 e. The lowest BCUT2D eigenvalue weighted by atomic mass is 10.1. The van der Waals surface area contributed by atoms with E-state index in [0.717, 1.165) is 0 Å². The molecule has 0 heterocycles. The number of hydrogen-bond acceptors (Lipinski definition) is 2. The van der Waals surface area contributed by atoms with E-state index in [1.165, 1.54) is 0 Å². The molecule has 0 aliphatic carbocycles. The Morgan fingerprint density at radius 1 is 1.43 bits per heavy atom. The Labute approximate surface area is 80.6 Å². The van der Waals surface area contributed by atoms with E-state index in [1.54, 1.807) is 24.3 Å². The van der Waals surface area contributed by atoms with Crippen molar-refractivity contribution in [1.29, 1.82) is 0 Å². The van der Waals surface area contributed by atoms with E-state index >= 15 is 0 Å². The molecule has 1 rings (SSSR count). The molecule has 5 heteroatoms. The summed E-state index contributed by atoms with van der Waals surface area (Å²) in [6.07, 6.45) is 0.0286. The van der Waals surface area contributed by atoms with Crippen LogP contribution in [0, 0.1) is 0 Å². The van der Waals surface area contributed by atoms with Crippen LogP contribution in [0.25, 0.3) is 10.4 Å². The summed E-state index contributed by atoms with van der Waals surface area (Å²) in [6, 6.07) is 6.97. The highest BCUT2D eigenvalue weighted by atomic mass is 16.3. The highest BCUT2D eigenvalue weighted by molar-refractivity contribution is 5.79. The molecule has 0 radical (unpaired) electrons. The smallest absolute Gasteiger partial charge is 0.223 e. The van der Waals surface area contributed by atoms with Gasteiger partial charge in [-0.1, -0.05) is 24.3 Å². The van der Waals surface area contributed by atoms with Gasteiger partial charge in [-0.05, 0) is 21.8 Å². The van der Waals surface area contributed by atoms with Gasteiger partial charge in [-0.15, -0.1) is 0 Å². The third kappa shape index (κ3) is 2.58. The second-order valence-electron chi connectivity index (χ2n) is 2.69. The standard InChI is InChI=1S/C9H9N3O2/c10-12-11-9(14)5-7-3-1-2-4-8(7)6-13/h1-4,13H,5-6H2. The highest BCUT2D eigenvalue weighted by Gasteiger charge is 2.04. The van der Waals surface area contributed by atoms with E-state index in [2.05, 4.69) is 10.0 Å². The first-order valence-corrected chi connectivity index (χ1v) is 4.03. The molecule has 0 fully saturated rings. The van der Waals surface area contributed by atoms with Gasteiger partial charge in [-0.3, -0.25) is 4.79 Å². The van der Waals surface area contributed by atoms with Crippen molar-refractivity contribution < 1.29 is 9.90 Å². The predicted molar refractivity (Wildman–Crippen MR) is 50.2 cm³/mol. The van der Waals surface area contributed by atoms with Crippen LogP contribution >= 0.6 is 0 Å². The fourth-order valence-corrected chi connectivity index (χ4v) is 1.13. The molecule has 72 valence electrons. The summed E-state index contributed by atoms with van der Waals surface area (Å²) in [5.74, 6) is -0.548. The molecule has 0 aliphatic heterocycles. The zero-order valence-electron chi connectivity index (χ0n) is 7.42. The molecule has 1 aromatic carbocycles. The van der Waals surface area contributed by atoms with Crippen molar-refractivity contribution in [2.45, 2.75) is 13.0 Å². The summed E-state index contributed by atoms with van der Waals surface area (Å²) in [6.45, 7) is -0.125. The average Bonchev–Trinajstić information content (AvgIpc) is 2.19. The monoisotopic (exact) mass is 191 g/mol. The van der Waals surface area contributed by atoms with Gasteiger partial charge in [-0.2, -0.15) is 0 Å². The van der Waals surface area contributed by atoms with Gasteiger partial charge in [0.05, 0.1) is 6.61 Å². The van der Waals surface area contributed by atoms with Gasteiger partial charge in [0.2, 0.25) is 5.91 Å². The lowest BCUT2D eigenvalue weighted by Gasteiger charge is -2.03. The number of amides is 1. The summed E-state index contributed by atoms with van der Waals surface area (Å²) in [5.41, 5.74) is 9.39. The average molecular weight is 191 g/mol. The second kappa shape index (κ2) is 5.01. The number of hydrogen-bond donors (Lipinski definition) is 1. The Morgan fingerprint density at radius 2 is 2.07 bits per heavy atom. The largest absolute Gasteiger partial charge is 0.392 e. The topological polar surface area (TPSA) is 86.1 Å². The molecule has 0 spiro atoms. The van der Waals surface area contributed by atoms with E-state index < -0.39 is 5.91 Å². The lowest BCUT2D eigenvalue weighted by molar-refractivity contribution is -0.117. The van der Waals surface area contributed by atoms with Crippen LogP contribution in [0.15, 0.2) is 29.4 Å². The van der Waals surface area contributed by atoms with Crippen molar-refractivity contribution in [3.05, 3.63) is 45.8 Å². The predicted octanol–water partition coefficient (Wildman–Crippen LogP) is 1.56. The van der Waals surface area contributed by atoms with E-state index in [4.69, 9.17) is 10.6 Å². The molecule has 0 aromatic heterocycles. The molecule has 14 heavy (non-hydrogen) atoms. The number of aliphatic hydroxyl groups is 1. The first-order valence-electron chi connectivity index (χ1n) is 4.03. The van der Waals surface area contributed by atoms with E-state index in [0.29, 0.717) is 11.1 Å². The van der Waals surface area contributed by atoms with E-state index in [-0.39, 0.29) is 13.0 Å². The second-order valence-corrected chi connectivity index (χ2v) is 2.69. The Hall–Kier alpha value is -1.84. The molecular formula is C9H9N3O2. The van der Waals surface area contributed by atoms with Crippen LogP contribution in [0.5, 0.6) is 0 Å². The maximum absolute atomic E-state index is 11.0. The van der Waals surface area contributed by atoms with Gasteiger partial charge >= 0.3 is 0 Å². The third-order valence-electron chi connectivity index (χ3n) is 1.79. The Balaban J connectivity index is 2.85. The van der Waals surface area contributed by atoms with Crippen molar-refractivity contribution in [2.75, 3.05) is 0 Å². The summed E-state index contributed by atoms with van der Waals surface area (Å²) in [5, 5.41) is 11.9. The summed E-state index contributed by atoms with van der Waals surface area (Å²) in [4.78, 5) is 13.4. The minimum absolute atomic E-state index is 0.0286. The molecule has 0 atom stereocenters. The Morgan fingerprint density at radius 3 is 2.64 bits per heavy atom. The van der Waals surface area contributed by atoms with Gasteiger partial charge in [0, 0.05) is 11.3 Å². The van der Waals surface area contributed by atoms with Crippen LogP contribution in [0.3, 0.4) is 0 Å². The lowest BCUT2D eigenvalue weighted by Crippen LogP contribution is -2.01. The number of rotatable bonds is 3. The zero-order chi connectivity index (χ0) is 10.4. The summed E-state index contributed by atoms with van der Waals surface area (Å²) < 4.78 is 0. The maximum Gasteiger partial charge on any atom is 0.223 e. The van der Waals surface area contributed by atoms with Crippen LogP contribution < -0.4 is 0 Å². The van der Waals surface area contributed by atoms with Crippen molar-refractivity contribution in [2.24, 2.45) is 5.11 Å². The fraction of sp³-hybridized carbons (Fsp3) is 0.222. The first-order chi connectivity index (χ1) is 6.77. The van der Waals surface area contributed by atoms with Gasteiger partial charge in [0.15, 0.2) is 0 Å². The summed E-state index contributed by atoms with van der Waals surface area (Å²) >= 11 is 0. The number of carbonyl (C=O) groups excluding carboxylic acids is 1. The van der Waals surface area contributed by atoms with Crippen molar-refractivity contribution >= 4 is 5.91 Å².